The van der Waals surface area contributed by atoms with E-state index in [1.807, 2.05) is 4.90 Å². The van der Waals surface area contributed by atoms with Gasteiger partial charge in [0.05, 0.1) is 0 Å². The molecule has 1 amide bonds. The summed E-state index contributed by atoms with van der Waals surface area (Å²) in [5.74, 6) is 1.31. The molecule has 0 aromatic heterocycles. The molecule has 1 saturated carbocycles. The molecule has 2 rings (SSSR count). The van der Waals surface area contributed by atoms with Crippen molar-refractivity contribution in [1.29, 1.82) is 0 Å². The molecule has 0 saturated heterocycles. The Morgan fingerprint density at radius 1 is 1.27 bits per heavy atom. The van der Waals surface area contributed by atoms with Crippen molar-refractivity contribution in [3.63, 3.8) is 0 Å². The molecule has 1 aromatic rings. The molecule has 1 radical (unpaired) electrons. The average molecular weight is 300 g/mol. The van der Waals surface area contributed by atoms with Gasteiger partial charge in [-0.1, -0.05) is 26.0 Å². The van der Waals surface area contributed by atoms with Crippen molar-refractivity contribution in [3.05, 3.63) is 36.2 Å². The van der Waals surface area contributed by atoms with Crippen LogP contribution < -0.4 is 4.90 Å². The van der Waals surface area contributed by atoms with Crippen molar-refractivity contribution < 1.29 is 4.79 Å². The second-order valence-electron chi connectivity index (χ2n) is 7.04. The molecule has 2 heteroatoms. The smallest absolute Gasteiger partial charge is 0.230 e. The van der Waals surface area contributed by atoms with Gasteiger partial charge in [-0.05, 0) is 76.0 Å². The maximum atomic E-state index is 13.0. The number of amides is 1. The molecule has 0 bridgehead atoms. The van der Waals surface area contributed by atoms with Crippen LogP contribution in [0.15, 0.2) is 24.3 Å². The minimum Gasteiger partial charge on any atom is -0.310 e. The summed E-state index contributed by atoms with van der Waals surface area (Å²) < 4.78 is 0. The Hall–Kier alpha value is -1.31. The van der Waals surface area contributed by atoms with Gasteiger partial charge in [-0.2, -0.15) is 0 Å². The Labute approximate surface area is 135 Å². The molecule has 1 aliphatic rings. The summed E-state index contributed by atoms with van der Waals surface area (Å²) in [6, 6.07) is 8.65. The van der Waals surface area contributed by atoms with Crippen LogP contribution in [0.4, 0.5) is 5.69 Å². The molecular formula is C20H30NO. The fourth-order valence-electron chi connectivity index (χ4n) is 3.45. The van der Waals surface area contributed by atoms with Crippen LogP contribution in [0.1, 0.15) is 58.9 Å². The van der Waals surface area contributed by atoms with Gasteiger partial charge in [-0.3, -0.25) is 4.79 Å². The SMILES string of the molecule is C[CH]Cc1cccc(N(C(=O)[C@H]2CC[C@H](C)CC2)C(C)C)c1. The molecule has 0 heterocycles. The first kappa shape index (κ1) is 17.1. The van der Waals surface area contributed by atoms with Crippen LogP contribution in [0.5, 0.6) is 0 Å². The van der Waals surface area contributed by atoms with Crippen molar-refractivity contribution in [2.45, 2.75) is 65.8 Å². The van der Waals surface area contributed by atoms with Gasteiger partial charge < -0.3 is 4.90 Å². The van der Waals surface area contributed by atoms with E-state index >= 15 is 0 Å². The van der Waals surface area contributed by atoms with E-state index in [9.17, 15) is 4.79 Å². The quantitative estimate of drug-likeness (QED) is 0.747. The molecule has 0 N–H and O–H groups in total. The fourth-order valence-corrected chi connectivity index (χ4v) is 3.45. The Bertz CT molecular complexity index is 486. The van der Waals surface area contributed by atoms with Crippen LogP contribution in [0.2, 0.25) is 0 Å². The third-order valence-electron chi connectivity index (χ3n) is 4.75. The van der Waals surface area contributed by atoms with Crippen molar-refractivity contribution in [1.82, 2.24) is 0 Å². The molecule has 0 unspecified atom stereocenters. The van der Waals surface area contributed by atoms with E-state index in [2.05, 4.69) is 58.4 Å². The minimum absolute atomic E-state index is 0.202. The van der Waals surface area contributed by atoms with Gasteiger partial charge in [-0.25, -0.2) is 0 Å². The molecule has 22 heavy (non-hydrogen) atoms. The Morgan fingerprint density at radius 3 is 2.55 bits per heavy atom. The Morgan fingerprint density at radius 2 is 1.95 bits per heavy atom. The number of carbonyl (C=O) groups is 1. The van der Waals surface area contributed by atoms with Gasteiger partial charge in [0.1, 0.15) is 0 Å². The first-order valence-corrected chi connectivity index (χ1v) is 8.72. The number of carbonyl (C=O) groups excluding carboxylic acids is 1. The summed E-state index contributed by atoms with van der Waals surface area (Å²) >= 11 is 0. The van der Waals surface area contributed by atoms with E-state index in [1.54, 1.807) is 0 Å². The first-order valence-electron chi connectivity index (χ1n) is 8.72. The normalized spacial score (nSPS) is 21.9. The molecule has 121 valence electrons. The summed E-state index contributed by atoms with van der Waals surface area (Å²) in [6.45, 7) is 8.59. The predicted octanol–water partition coefficient (Wildman–Crippen LogP) is 5.02. The number of rotatable bonds is 5. The summed E-state index contributed by atoms with van der Waals surface area (Å²) in [4.78, 5) is 15.0. The van der Waals surface area contributed by atoms with Crippen LogP contribution in [0.25, 0.3) is 0 Å². The summed E-state index contributed by atoms with van der Waals surface area (Å²) in [5, 5.41) is 0. The summed E-state index contributed by atoms with van der Waals surface area (Å²) in [5.41, 5.74) is 2.33. The zero-order valence-corrected chi connectivity index (χ0v) is 14.5. The molecule has 1 fully saturated rings. The van der Waals surface area contributed by atoms with Crippen LogP contribution >= 0.6 is 0 Å². The van der Waals surface area contributed by atoms with Gasteiger partial charge in [0.25, 0.3) is 0 Å². The van der Waals surface area contributed by atoms with E-state index in [4.69, 9.17) is 0 Å². The lowest BCUT2D eigenvalue weighted by atomic mass is 9.82. The van der Waals surface area contributed by atoms with Gasteiger partial charge in [0.15, 0.2) is 0 Å². The summed E-state index contributed by atoms with van der Waals surface area (Å²) in [7, 11) is 0. The van der Waals surface area contributed by atoms with E-state index in [0.29, 0.717) is 5.91 Å². The van der Waals surface area contributed by atoms with E-state index in [1.165, 1.54) is 18.4 Å². The lowest BCUT2D eigenvalue weighted by Crippen LogP contribution is -2.42. The average Bonchev–Trinajstić information content (AvgIpc) is 2.48. The monoisotopic (exact) mass is 300 g/mol. The van der Waals surface area contributed by atoms with Crippen molar-refractivity contribution in [2.75, 3.05) is 4.90 Å². The van der Waals surface area contributed by atoms with E-state index < -0.39 is 0 Å². The molecular weight excluding hydrogens is 270 g/mol. The predicted molar refractivity (Wildman–Crippen MR) is 93.9 cm³/mol. The fraction of sp³-hybridized carbons (Fsp3) is 0.600. The number of benzene rings is 1. The van der Waals surface area contributed by atoms with Crippen LogP contribution in [-0.4, -0.2) is 11.9 Å². The number of anilines is 1. The van der Waals surface area contributed by atoms with Crippen molar-refractivity contribution in [3.8, 4) is 0 Å². The Kier molecular flexibility index (Phi) is 6.05. The van der Waals surface area contributed by atoms with Gasteiger partial charge in [-0.15, -0.1) is 0 Å². The molecule has 0 atom stereocenters. The lowest BCUT2D eigenvalue weighted by Gasteiger charge is -2.33. The molecule has 0 spiro atoms. The molecule has 0 aliphatic heterocycles. The highest BCUT2D eigenvalue weighted by Gasteiger charge is 2.30. The van der Waals surface area contributed by atoms with Crippen molar-refractivity contribution in [2.24, 2.45) is 11.8 Å². The first-order chi connectivity index (χ1) is 10.5. The van der Waals surface area contributed by atoms with Crippen LogP contribution in [0, 0.1) is 18.3 Å². The van der Waals surface area contributed by atoms with Crippen molar-refractivity contribution >= 4 is 11.6 Å². The standard InChI is InChI=1S/C20H30NO/c1-5-7-17-8-6-9-19(14-17)21(15(2)3)20(22)18-12-10-16(4)11-13-18/h5-6,8-9,14-16,18H,7,10-13H2,1-4H3/t16-,18-. The maximum Gasteiger partial charge on any atom is 0.230 e. The number of nitrogens with zero attached hydrogens (tertiary/aromatic N) is 1. The maximum absolute atomic E-state index is 13.0. The molecule has 1 aliphatic carbocycles. The second-order valence-corrected chi connectivity index (χ2v) is 7.04. The summed E-state index contributed by atoms with van der Waals surface area (Å²) in [6.07, 6.45) is 7.58. The van der Waals surface area contributed by atoms with Gasteiger partial charge in [0.2, 0.25) is 5.91 Å². The number of hydrogen-bond donors (Lipinski definition) is 0. The third-order valence-corrected chi connectivity index (χ3v) is 4.75. The number of hydrogen-bond acceptors (Lipinski definition) is 1. The van der Waals surface area contributed by atoms with Gasteiger partial charge >= 0.3 is 0 Å². The molecule has 2 nitrogen and oxygen atoms in total. The highest BCUT2D eigenvalue weighted by atomic mass is 16.2. The third kappa shape index (κ3) is 4.12. The lowest BCUT2D eigenvalue weighted by molar-refractivity contribution is -0.123. The van der Waals surface area contributed by atoms with Gasteiger partial charge in [0, 0.05) is 17.6 Å². The minimum atomic E-state index is 0.202. The molecule has 1 aromatic carbocycles. The highest BCUT2D eigenvalue weighted by Crippen LogP contribution is 2.32. The second kappa shape index (κ2) is 7.80. The van der Waals surface area contributed by atoms with E-state index in [-0.39, 0.29) is 12.0 Å². The van der Waals surface area contributed by atoms with Crippen LogP contribution in [-0.2, 0) is 11.2 Å². The largest absolute Gasteiger partial charge is 0.310 e. The van der Waals surface area contributed by atoms with Crippen LogP contribution in [0.3, 0.4) is 0 Å². The topological polar surface area (TPSA) is 20.3 Å². The zero-order chi connectivity index (χ0) is 16.1. The Balaban J connectivity index is 2.18. The highest BCUT2D eigenvalue weighted by molar-refractivity contribution is 5.95. The van der Waals surface area contributed by atoms with E-state index in [0.717, 1.165) is 30.9 Å². The zero-order valence-electron chi connectivity index (χ0n) is 14.5.